The topological polar surface area (TPSA) is 23.6 Å². The van der Waals surface area contributed by atoms with Gasteiger partial charge in [-0.3, -0.25) is 9.69 Å². The second-order valence-corrected chi connectivity index (χ2v) is 7.77. The third-order valence-corrected chi connectivity index (χ3v) is 5.70. The Morgan fingerprint density at radius 2 is 1.41 bits per heavy atom. The van der Waals surface area contributed by atoms with E-state index in [2.05, 4.69) is 4.90 Å². The molecule has 1 fully saturated rings. The number of piperazine rings is 1. The molecule has 0 saturated carbocycles. The second kappa shape index (κ2) is 9.12. The van der Waals surface area contributed by atoms with Gasteiger partial charge in [0.25, 0.3) is 5.91 Å². The highest BCUT2D eigenvalue weighted by Gasteiger charge is 2.32. The maximum absolute atomic E-state index is 13.5. The standard InChI is InChI=1S/C25H22F4N2O/c26-22-11-9-19(10-12-22)23(18-5-2-1-3-6-18)30-13-15-31(16-14-30)24(32)20-7-4-8-21(17-20)25(27,28)29/h1-12,17,23H,13-16H2/t23-/m1/s1. The van der Waals surface area contributed by atoms with Crippen molar-refractivity contribution in [3.8, 4) is 0 Å². The fraction of sp³-hybridized carbons (Fsp3) is 0.240. The molecule has 0 N–H and O–H groups in total. The van der Waals surface area contributed by atoms with Gasteiger partial charge < -0.3 is 4.90 Å². The van der Waals surface area contributed by atoms with Crippen molar-refractivity contribution in [2.24, 2.45) is 0 Å². The third-order valence-electron chi connectivity index (χ3n) is 5.70. The predicted molar refractivity (Wildman–Crippen MR) is 114 cm³/mol. The van der Waals surface area contributed by atoms with Crippen molar-refractivity contribution in [2.75, 3.05) is 26.2 Å². The smallest absolute Gasteiger partial charge is 0.336 e. The molecule has 4 rings (SSSR count). The molecule has 32 heavy (non-hydrogen) atoms. The van der Waals surface area contributed by atoms with Gasteiger partial charge in [-0.1, -0.05) is 48.5 Å². The molecule has 0 unspecified atom stereocenters. The van der Waals surface area contributed by atoms with Crippen LogP contribution in [0.1, 0.15) is 33.1 Å². The van der Waals surface area contributed by atoms with Crippen LogP contribution in [0.4, 0.5) is 17.6 Å². The first-order valence-corrected chi connectivity index (χ1v) is 10.3. The van der Waals surface area contributed by atoms with E-state index in [-0.39, 0.29) is 17.4 Å². The van der Waals surface area contributed by atoms with Crippen LogP contribution in [0.15, 0.2) is 78.9 Å². The summed E-state index contributed by atoms with van der Waals surface area (Å²) in [7, 11) is 0. The summed E-state index contributed by atoms with van der Waals surface area (Å²) in [6.07, 6.45) is -4.49. The van der Waals surface area contributed by atoms with Gasteiger partial charge in [0.1, 0.15) is 5.82 Å². The highest BCUT2D eigenvalue weighted by atomic mass is 19.4. The quantitative estimate of drug-likeness (QED) is 0.506. The number of nitrogens with zero attached hydrogens (tertiary/aromatic N) is 2. The van der Waals surface area contributed by atoms with Crippen molar-refractivity contribution in [3.05, 3.63) is 107 Å². The average molecular weight is 442 g/mol. The SMILES string of the molecule is O=C(c1cccc(C(F)(F)F)c1)N1CCN([C@H](c2ccccc2)c2ccc(F)cc2)CC1. The minimum atomic E-state index is -4.49. The molecule has 0 radical (unpaired) electrons. The van der Waals surface area contributed by atoms with Crippen LogP contribution in [-0.2, 0) is 6.18 Å². The second-order valence-electron chi connectivity index (χ2n) is 7.77. The molecule has 1 saturated heterocycles. The molecule has 3 aromatic carbocycles. The number of halogens is 4. The van der Waals surface area contributed by atoms with Gasteiger partial charge in [-0.15, -0.1) is 0 Å². The Labute approximate surface area is 183 Å². The van der Waals surface area contributed by atoms with E-state index < -0.39 is 17.6 Å². The maximum Gasteiger partial charge on any atom is 0.416 e. The number of hydrogen-bond acceptors (Lipinski definition) is 2. The molecule has 7 heteroatoms. The molecule has 0 spiro atoms. The summed E-state index contributed by atoms with van der Waals surface area (Å²) in [5.74, 6) is -0.717. The van der Waals surface area contributed by atoms with Crippen LogP contribution in [0.25, 0.3) is 0 Å². The summed E-state index contributed by atoms with van der Waals surface area (Å²) in [4.78, 5) is 16.6. The molecule has 0 aromatic heterocycles. The van der Waals surface area contributed by atoms with E-state index in [1.165, 1.54) is 24.3 Å². The van der Waals surface area contributed by atoms with E-state index in [1.54, 1.807) is 17.0 Å². The summed E-state index contributed by atoms with van der Waals surface area (Å²) in [6, 6.07) is 20.6. The van der Waals surface area contributed by atoms with Crippen molar-refractivity contribution in [1.29, 1.82) is 0 Å². The zero-order chi connectivity index (χ0) is 22.7. The van der Waals surface area contributed by atoms with Crippen LogP contribution >= 0.6 is 0 Å². The highest BCUT2D eigenvalue weighted by Crippen LogP contribution is 2.31. The van der Waals surface area contributed by atoms with E-state index in [1.807, 2.05) is 30.3 Å². The van der Waals surface area contributed by atoms with Crippen LogP contribution < -0.4 is 0 Å². The largest absolute Gasteiger partial charge is 0.416 e. The lowest BCUT2D eigenvalue weighted by Gasteiger charge is -2.40. The monoisotopic (exact) mass is 442 g/mol. The molecule has 1 heterocycles. The van der Waals surface area contributed by atoms with E-state index >= 15 is 0 Å². The summed E-state index contributed by atoms with van der Waals surface area (Å²) < 4.78 is 52.5. The van der Waals surface area contributed by atoms with Gasteiger partial charge in [0, 0.05) is 31.7 Å². The molecule has 3 aromatic rings. The van der Waals surface area contributed by atoms with Crippen molar-refractivity contribution < 1.29 is 22.4 Å². The molecule has 1 amide bonds. The molecule has 1 atom stereocenters. The fourth-order valence-electron chi connectivity index (χ4n) is 4.09. The Hall–Kier alpha value is -3.19. The van der Waals surface area contributed by atoms with Crippen molar-refractivity contribution >= 4 is 5.91 Å². The van der Waals surface area contributed by atoms with E-state index in [4.69, 9.17) is 0 Å². The van der Waals surface area contributed by atoms with E-state index in [0.29, 0.717) is 26.2 Å². The first-order valence-electron chi connectivity index (χ1n) is 10.3. The zero-order valence-corrected chi connectivity index (χ0v) is 17.2. The van der Waals surface area contributed by atoms with Crippen LogP contribution in [0, 0.1) is 5.82 Å². The lowest BCUT2D eigenvalue weighted by atomic mass is 9.96. The van der Waals surface area contributed by atoms with Gasteiger partial charge in [0.15, 0.2) is 0 Å². The zero-order valence-electron chi connectivity index (χ0n) is 17.2. The molecule has 166 valence electrons. The van der Waals surface area contributed by atoms with Gasteiger partial charge in [0.05, 0.1) is 11.6 Å². The van der Waals surface area contributed by atoms with Crippen LogP contribution in [0.3, 0.4) is 0 Å². The normalized spacial score (nSPS) is 16.1. The lowest BCUT2D eigenvalue weighted by Crippen LogP contribution is -2.49. The molecule has 0 aliphatic carbocycles. The molecule has 3 nitrogen and oxygen atoms in total. The van der Waals surface area contributed by atoms with Crippen LogP contribution in [0.2, 0.25) is 0 Å². The first-order chi connectivity index (χ1) is 15.3. The average Bonchev–Trinajstić information content (AvgIpc) is 2.81. The van der Waals surface area contributed by atoms with Gasteiger partial charge in [-0.05, 0) is 41.5 Å². The number of carbonyl (C=O) groups excluding carboxylic acids is 1. The van der Waals surface area contributed by atoms with Crippen molar-refractivity contribution in [3.63, 3.8) is 0 Å². The Morgan fingerprint density at radius 3 is 2.03 bits per heavy atom. The summed E-state index contributed by atoms with van der Waals surface area (Å²) in [5.41, 5.74) is 1.20. The fourth-order valence-corrected chi connectivity index (χ4v) is 4.09. The minimum Gasteiger partial charge on any atom is -0.336 e. The lowest BCUT2D eigenvalue weighted by molar-refractivity contribution is -0.137. The minimum absolute atomic E-state index is 0.0337. The molecule has 1 aliphatic rings. The number of hydrogen-bond donors (Lipinski definition) is 0. The van der Waals surface area contributed by atoms with Crippen LogP contribution in [-0.4, -0.2) is 41.9 Å². The number of benzene rings is 3. The summed E-state index contributed by atoms with van der Waals surface area (Å²) >= 11 is 0. The Bertz CT molecular complexity index is 1060. The van der Waals surface area contributed by atoms with Crippen LogP contribution in [0.5, 0.6) is 0 Å². The van der Waals surface area contributed by atoms with E-state index in [9.17, 15) is 22.4 Å². The van der Waals surface area contributed by atoms with Gasteiger partial charge in [-0.2, -0.15) is 13.2 Å². The first kappa shape index (κ1) is 22.0. The molecule has 1 aliphatic heterocycles. The molecule has 0 bridgehead atoms. The number of rotatable bonds is 4. The number of amides is 1. The number of alkyl halides is 3. The Balaban J connectivity index is 1.51. The number of carbonyl (C=O) groups is 1. The van der Waals surface area contributed by atoms with Gasteiger partial charge >= 0.3 is 6.18 Å². The third kappa shape index (κ3) is 4.83. The summed E-state index contributed by atoms with van der Waals surface area (Å²) in [6.45, 7) is 1.86. The highest BCUT2D eigenvalue weighted by molar-refractivity contribution is 5.94. The molecular formula is C25H22F4N2O. The molecular weight excluding hydrogens is 420 g/mol. The summed E-state index contributed by atoms with van der Waals surface area (Å²) in [5, 5.41) is 0. The Kier molecular flexibility index (Phi) is 6.28. The maximum atomic E-state index is 13.5. The predicted octanol–water partition coefficient (Wildman–Crippen LogP) is 5.39. The van der Waals surface area contributed by atoms with Gasteiger partial charge in [-0.25, -0.2) is 4.39 Å². The van der Waals surface area contributed by atoms with Crippen molar-refractivity contribution in [1.82, 2.24) is 9.80 Å². The van der Waals surface area contributed by atoms with E-state index in [0.717, 1.165) is 23.3 Å². The van der Waals surface area contributed by atoms with Crippen molar-refractivity contribution in [2.45, 2.75) is 12.2 Å². The Morgan fingerprint density at radius 1 is 0.781 bits per heavy atom. The van der Waals surface area contributed by atoms with Gasteiger partial charge in [0.2, 0.25) is 0 Å².